The van der Waals surface area contributed by atoms with E-state index in [1.165, 1.54) is 13.4 Å². The van der Waals surface area contributed by atoms with Crippen LogP contribution in [0, 0.1) is 13.8 Å². The Labute approximate surface area is 174 Å². The SMILES string of the molecule is CONC(=O)c1ccc(C)c(Nc2ncnn3cc(C(=O)N4CCCC4)c(C)c23)c1. The molecule has 4 rings (SSSR count). The van der Waals surface area contributed by atoms with Gasteiger partial charge >= 0.3 is 0 Å². The number of aromatic nitrogens is 3. The molecule has 156 valence electrons. The van der Waals surface area contributed by atoms with Crippen molar-refractivity contribution in [2.24, 2.45) is 0 Å². The minimum absolute atomic E-state index is 0.0239. The van der Waals surface area contributed by atoms with E-state index in [0.717, 1.165) is 48.3 Å². The van der Waals surface area contributed by atoms with Crippen LogP contribution in [0.3, 0.4) is 0 Å². The largest absolute Gasteiger partial charge is 0.339 e. The van der Waals surface area contributed by atoms with E-state index in [1.807, 2.05) is 24.8 Å². The fourth-order valence-corrected chi connectivity index (χ4v) is 3.74. The third-order valence-corrected chi connectivity index (χ3v) is 5.40. The monoisotopic (exact) mass is 408 g/mol. The van der Waals surface area contributed by atoms with Gasteiger partial charge in [-0.1, -0.05) is 6.07 Å². The highest BCUT2D eigenvalue weighted by Gasteiger charge is 2.24. The Morgan fingerprint density at radius 3 is 2.67 bits per heavy atom. The summed E-state index contributed by atoms with van der Waals surface area (Å²) >= 11 is 0. The van der Waals surface area contributed by atoms with Crippen molar-refractivity contribution in [2.75, 3.05) is 25.5 Å². The van der Waals surface area contributed by atoms with Gasteiger partial charge in [-0.3, -0.25) is 14.4 Å². The molecule has 2 aromatic heterocycles. The van der Waals surface area contributed by atoms with Crippen LogP contribution in [0.25, 0.3) is 5.52 Å². The number of carbonyl (C=O) groups is 2. The Morgan fingerprint density at radius 1 is 1.17 bits per heavy atom. The van der Waals surface area contributed by atoms with E-state index in [0.29, 0.717) is 16.9 Å². The zero-order valence-corrected chi connectivity index (χ0v) is 17.2. The lowest BCUT2D eigenvalue weighted by Crippen LogP contribution is -2.27. The molecule has 2 N–H and O–H groups in total. The lowest BCUT2D eigenvalue weighted by molar-refractivity contribution is 0.0537. The van der Waals surface area contributed by atoms with E-state index in [2.05, 4.69) is 20.9 Å². The molecule has 3 heterocycles. The smallest absolute Gasteiger partial charge is 0.274 e. The average molecular weight is 408 g/mol. The van der Waals surface area contributed by atoms with Gasteiger partial charge < -0.3 is 10.2 Å². The van der Waals surface area contributed by atoms with Gasteiger partial charge in [0.1, 0.15) is 11.8 Å². The number of hydroxylamine groups is 1. The molecule has 0 radical (unpaired) electrons. The van der Waals surface area contributed by atoms with Crippen LogP contribution in [-0.4, -0.2) is 51.5 Å². The van der Waals surface area contributed by atoms with Crippen LogP contribution in [0.4, 0.5) is 11.5 Å². The molecular formula is C21H24N6O3. The van der Waals surface area contributed by atoms with Crippen molar-refractivity contribution in [3.8, 4) is 0 Å². The molecule has 3 aromatic rings. The number of benzene rings is 1. The van der Waals surface area contributed by atoms with E-state index in [-0.39, 0.29) is 11.8 Å². The molecule has 0 spiro atoms. The number of likely N-dealkylation sites (tertiary alicyclic amines) is 1. The Kier molecular flexibility index (Phi) is 5.37. The minimum Gasteiger partial charge on any atom is -0.339 e. The van der Waals surface area contributed by atoms with E-state index in [4.69, 9.17) is 4.84 Å². The highest BCUT2D eigenvalue weighted by Crippen LogP contribution is 2.28. The molecule has 9 nitrogen and oxygen atoms in total. The minimum atomic E-state index is -0.342. The molecule has 1 aliphatic heterocycles. The van der Waals surface area contributed by atoms with Crippen molar-refractivity contribution in [1.29, 1.82) is 0 Å². The fraction of sp³-hybridized carbons (Fsp3) is 0.333. The van der Waals surface area contributed by atoms with Crippen LogP contribution < -0.4 is 10.8 Å². The molecule has 30 heavy (non-hydrogen) atoms. The standard InChI is InChI=1S/C21H24N6O3/c1-13-6-7-15(20(28)25-30-3)10-17(13)24-19-18-14(2)16(11-27(18)23-12-22-19)21(29)26-8-4-5-9-26/h6-7,10-12H,4-5,8-9H2,1-3H3,(H,25,28)(H,22,23,24). The first kappa shape index (κ1) is 19.8. The molecule has 1 saturated heterocycles. The summed E-state index contributed by atoms with van der Waals surface area (Å²) in [5.41, 5.74) is 6.62. The molecule has 0 aliphatic carbocycles. The van der Waals surface area contributed by atoms with Crippen molar-refractivity contribution < 1.29 is 14.4 Å². The number of aryl methyl sites for hydroxylation is 2. The van der Waals surface area contributed by atoms with Gasteiger partial charge in [-0.05, 0) is 49.9 Å². The summed E-state index contributed by atoms with van der Waals surface area (Å²) in [5.74, 6) is 0.247. The number of carbonyl (C=O) groups excluding carboxylic acids is 2. The quantitative estimate of drug-likeness (QED) is 0.630. The molecule has 1 fully saturated rings. The van der Waals surface area contributed by atoms with E-state index >= 15 is 0 Å². The van der Waals surface area contributed by atoms with Crippen LogP contribution in [-0.2, 0) is 4.84 Å². The summed E-state index contributed by atoms with van der Waals surface area (Å²) in [6.45, 7) is 5.42. The van der Waals surface area contributed by atoms with Crippen LogP contribution >= 0.6 is 0 Å². The summed E-state index contributed by atoms with van der Waals surface area (Å²) in [6.07, 6.45) is 5.28. The molecule has 1 aromatic carbocycles. The zero-order chi connectivity index (χ0) is 21.3. The predicted molar refractivity (Wildman–Crippen MR) is 112 cm³/mol. The fourth-order valence-electron chi connectivity index (χ4n) is 3.74. The van der Waals surface area contributed by atoms with Crippen LogP contribution in [0.1, 0.15) is 44.7 Å². The molecule has 0 atom stereocenters. The second-order valence-electron chi connectivity index (χ2n) is 7.36. The number of hydrogen-bond acceptors (Lipinski definition) is 6. The number of anilines is 2. The van der Waals surface area contributed by atoms with Crippen LogP contribution in [0.5, 0.6) is 0 Å². The van der Waals surface area contributed by atoms with Crippen molar-refractivity contribution in [1.82, 2.24) is 25.0 Å². The molecule has 0 unspecified atom stereocenters. The summed E-state index contributed by atoms with van der Waals surface area (Å²) in [7, 11) is 1.39. The van der Waals surface area contributed by atoms with Gasteiger partial charge in [-0.25, -0.2) is 15.0 Å². The first-order chi connectivity index (χ1) is 14.5. The predicted octanol–water partition coefficient (Wildman–Crippen LogP) is 2.62. The number of nitrogens with one attached hydrogen (secondary N) is 2. The van der Waals surface area contributed by atoms with Crippen molar-refractivity contribution >= 4 is 28.8 Å². The summed E-state index contributed by atoms with van der Waals surface area (Å²) in [6, 6.07) is 5.30. The molecule has 2 amide bonds. The molecule has 0 saturated carbocycles. The first-order valence-corrected chi connectivity index (χ1v) is 9.83. The summed E-state index contributed by atoms with van der Waals surface area (Å²) in [4.78, 5) is 36.0. The maximum atomic E-state index is 12.9. The lowest BCUT2D eigenvalue weighted by Gasteiger charge is -2.14. The lowest BCUT2D eigenvalue weighted by atomic mass is 10.1. The number of rotatable bonds is 5. The second kappa shape index (κ2) is 8.11. The average Bonchev–Trinajstić information content (AvgIpc) is 3.38. The summed E-state index contributed by atoms with van der Waals surface area (Å²) < 4.78 is 1.67. The number of hydrogen-bond donors (Lipinski definition) is 2. The van der Waals surface area contributed by atoms with Gasteiger partial charge in [0, 0.05) is 30.5 Å². The number of amides is 2. The zero-order valence-electron chi connectivity index (χ0n) is 17.2. The Morgan fingerprint density at radius 2 is 1.93 bits per heavy atom. The van der Waals surface area contributed by atoms with Crippen LogP contribution in [0.15, 0.2) is 30.7 Å². The summed E-state index contributed by atoms with van der Waals surface area (Å²) in [5, 5.41) is 7.58. The molecule has 0 bridgehead atoms. The number of nitrogens with zero attached hydrogens (tertiary/aromatic N) is 4. The van der Waals surface area contributed by atoms with Gasteiger partial charge in [0.15, 0.2) is 5.82 Å². The normalized spacial score (nSPS) is 13.6. The van der Waals surface area contributed by atoms with Gasteiger partial charge in [0.2, 0.25) is 0 Å². The molecule has 9 heteroatoms. The van der Waals surface area contributed by atoms with Crippen molar-refractivity contribution in [3.05, 3.63) is 53.0 Å². The van der Waals surface area contributed by atoms with Crippen molar-refractivity contribution in [3.63, 3.8) is 0 Å². The topological polar surface area (TPSA) is 101 Å². The Bertz CT molecular complexity index is 1120. The Hall–Kier alpha value is -3.46. The van der Waals surface area contributed by atoms with E-state index in [1.54, 1.807) is 22.8 Å². The highest BCUT2D eigenvalue weighted by atomic mass is 16.6. The Balaban J connectivity index is 1.71. The highest BCUT2D eigenvalue weighted by molar-refractivity contribution is 5.99. The number of fused-ring (bicyclic) bond motifs is 1. The molecular weight excluding hydrogens is 384 g/mol. The van der Waals surface area contributed by atoms with Gasteiger partial charge in [-0.2, -0.15) is 5.10 Å². The molecule has 1 aliphatic rings. The van der Waals surface area contributed by atoms with Crippen LogP contribution in [0.2, 0.25) is 0 Å². The van der Waals surface area contributed by atoms with Gasteiger partial charge in [0.05, 0.1) is 12.7 Å². The van der Waals surface area contributed by atoms with E-state index in [9.17, 15) is 9.59 Å². The third kappa shape index (κ3) is 3.59. The maximum Gasteiger partial charge on any atom is 0.274 e. The third-order valence-electron chi connectivity index (χ3n) is 5.40. The van der Waals surface area contributed by atoms with Crippen molar-refractivity contribution in [2.45, 2.75) is 26.7 Å². The maximum absolute atomic E-state index is 12.9. The second-order valence-corrected chi connectivity index (χ2v) is 7.36. The van der Waals surface area contributed by atoms with Gasteiger partial charge in [-0.15, -0.1) is 0 Å². The first-order valence-electron chi connectivity index (χ1n) is 9.83. The van der Waals surface area contributed by atoms with Gasteiger partial charge in [0.25, 0.3) is 11.8 Å². The van der Waals surface area contributed by atoms with E-state index < -0.39 is 0 Å².